The highest BCUT2D eigenvalue weighted by atomic mass is 32.2. The summed E-state index contributed by atoms with van der Waals surface area (Å²) in [4.78, 5) is 13.1. The fourth-order valence-electron chi connectivity index (χ4n) is 1.52. The number of carbonyl (C=O) groups is 1. The summed E-state index contributed by atoms with van der Waals surface area (Å²) in [5, 5.41) is 2.78. The molecule has 92 valence electrons. The zero-order valence-corrected chi connectivity index (χ0v) is 11.0. The molecule has 0 saturated carbocycles. The Bertz CT molecular complexity index is 498. The average Bonchev–Trinajstić information content (AvgIpc) is 2.41. The molecule has 0 aliphatic rings. The first-order chi connectivity index (χ1) is 8.75. The van der Waals surface area contributed by atoms with Crippen LogP contribution in [0.5, 0.6) is 0 Å². The van der Waals surface area contributed by atoms with Gasteiger partial charge in [-0.25, -0.2) is 0 Å². The van der Waals surface area contributed by atoms with Crippen LogP contribution >= 0.6 is 11.8 Å². The molecular formula is C15H15NOS. The van der Waals surface area contributed by atoms with E-state index in [0.717, 1.165) is 10.6 Å². The predicted octanol–water partition coefficient (Wildman–Crippen LogP) is 3.81. The Morgan fingerprint density at radius 1 is 1.00 bits per heavy atom. The maximum absolute atomic E-state index is 12.0. The van der Waals surface area contributed by atoms with E-state index in [1.807, 2.05) is 67.6 Å². The number of rotatable bonds is 4. The van der Waals surface area contributed by atoms with Gasteiger partial charge in [0.15, 0.2) is 0 Å². The second-order valence-electron chi connectivity index (χ2n) is 3.93. The lowest BCUT2D eigenvalue weighted by atomic mass is 10.3. The molecule has 0 saturated heterocycles. The molecule has 0 aliphatic carbocycles. The van der Waals surface area contributed by atoms with Crippen LogP contribution in [0.3, 0.4) is 0 Å². The molecule has 0 heterocycles. The Labute approximate surface area is 111 Å². The molecule has 0 radical (unpaired) electrons. The smallest absolute Gasteiger partial charge is 0.237 e. The maximum Gasteiger partial charge on any atom is 0.237 e. The molecule has 0 fully saturated rings. The van der Waals surface area contributed by atoms with Gasteiger partial charge in [0.2, 0.25) is 5.91 Å². The van der Waals surface area contributed by atoms with E-state index >= 15 is 0 Å². The third kappa shape index (κ3) is 3.64. The minimum absolute atomic E-state index is 0.0232. The minimum atomic E-state index is -0.118. The molecule has 2 rings (SSSR count). The second kappa shape index (κ2) is 6.26. The van der Waals surface area contributed by atoms with Gasteiger partial charge in [0.05, 0.1) is 5.25 Å². The number of para-hydroxylation sites is 1. The molecule has 1 N–H and O–H groups in total. The van der Waals surface area contributed by atoms with E-state index in [1.165, 1.54) is 0 Å². The van der Waals surface area contributed by atoms with Crippen LogP contribution in [-0.2, 0) is 4.79 Å². The summed E-state index contributed by atoms with van der Waals surface area (Å²) in [6.45, 7) is 1.91. The number of hydrogen-bond acceptors (Lipinski definition) is 2. The Kier molecular flexibility index (Phi) is 4.42. The summed E-state index contributed by atoms with van der Waals surface area (Å²) in [5.74, 6) is 0.0232. The first-order valence-electron chi connectivity index (χ1n) is 5.83. The van der Waals surface area contributed by atoms with Gasteiger partial charge in [-0.3, -0.25) is 4.79 Å². The minimum Gasteiger partial charge on any atom is -0.325 e. The van der Waals surface area contributed by atoms with Gasteiger partial charge in [-0.1, -0.05) is 36.4 Å². The van der Waals surface area contributed by atoms with Crippen LogP contribution in [-0.4, -0.2) is 11.2 Å². The highest BCUT2D eigenvalue weighted by Crippen LogP contribution is 2.23. The molecule has 0 aliphatic heterocycles. The predicted molar refractivity (Wildman–Crippen MR) is 76.8 cm³/mol. The van der Waals surface area contributed by atoms with Crippen LogP contribution in [0, 0.1) is 0 Å². The van der Waals surface area contributed by atoms with Gasteiger partial charge in [0.1, 0.15) is 0 Å². The molecule has 18 heavy (non-hydrogen) atoms. The number of carbonyl (C=O) groups excluding carboxylic acids is 1. The van der Waals surface area contributed by atoms with E-state index in [0.29, 0.717) is 0 Å². The molecule has 2 nitrogen and oxygen atoms in total. The number of benzene rings is 2. The van der Waals surface area contributed by atoms with Crippen molar-refractivity contribution in [1.29, 1.82) is 0 Å². The van der Waals surface area contributed by atoms with Crippen molar-refractivity contribution in [3.8, 4) is 0 Å². The Morgan fingerprint density at radius 2 is 1.56 bits per heavy atom. The molecule has 2 aromatic rings. The quantitative estimate of drug-likeness (QED) is 0.844. The van der Waals surface area contributed by atoms with Crippen molar-refractivity contribution in [3.63, 3.8) is 0 Å². The summed E-state index contributed by atoms with van der Waals surface area (Å²) >= 11 is 1.56. The number of amides is 1. The highest BCUT2D eigenvalue weighted by Gasteiger charge is 2.13. The summed E-state index contributed by atoms with van der Waals surface area (Å²) in [6.07, 6.45) is 0. The van der Waals surface area contributed by atoms with Crippen molar-refractivity contribution in [3.05, 3.63) is 60.7 Å². The van der Waals surface area contributed by atoms with Crippen molar-refractivity contribution in [2.24, 2.45) is 0 Å². The topological polar surface area (TPSA) is 29.1 Å². The summed E-state index contributed by atoms with van der Waals surface area (Å²) in [6, 6.07) is 19.5. The summed E-state index contributed by atoms with van der Waals surface area (Å²) in [7, 11) is 0. The van der Waals surface area contributed by atoms with Crippen LogP contribution in [0.15, 0.2) is 65.6 Å². The van der Waals surface area contributed by atoms with Crippen molar-refractivity contribution in [2.45, 2.75) is 17.1 Å². The van der Waals surface area contributed by atoms with Crippen LogP contribution in [0.25, 0.3) is 0 Å². The maximum atomic E-state index is 12.0. The van der Waals surface area contributed by atoms with Crippen molar-refractivity contribution < 1.29 is 4.79 Å². The van der Waals surface area contributed by atoms with E-state index in [4.69, 9.17) is 0 Å². The van der Waals surface area contributed by atoms with Gasteiger partial charge >= 0.3 is 0 Å². The van der Waals surface area contributed by atoms with Crippen molar-refractivity contribution in [2.75, 3.05) is 5.32 Å². The molecule has 1 amide bonds. The molecule has 0 unspecified atom stereocenters. The molecule has 2 aromatic carbocycles. The first kappa shape index (κ1) is 12.7. The Balaban J connectivity index is 1.93. The Hall–Kier alpha value is -1.74. The third-order valence-electron chi connectivity index (χ3n) is 2.47. The van der Waals surface area contributed by atoms with Crippen LogP contribution in [0.2, 0.25) is 0 Å². The summed E-state index contributed by atoms with van der Waals surface area (Å²) < 4.78 is 0. The lowest BCUT2D eigenvalue weighted by Gasteiger charge is -2.11. The largest absolute Gasteiger partial charge is 0.325 e. The fraction of sp³-hybridized carbons (Fsp3) is 0.133. The van der Waals surface area contributed by atoms with Crippen LogP contribution in [0.1, 0.15) is 6.92 Å². The lowest BCUT2D eigenvalue weighted by molar-refractivity contribution is -0.115. The van der Waals surface area contributed by atoms with E-state index < -0.39 is 0 Å². The second-order valence-corrected chi connectivity index (χ2v) is 5.34. The number of nitrogens with one attached hydrogen (secondary N) is 1. The zero-order chi connectivity index (χ0) is 12.8. The normalized spacial score (nSPS) is 11.8. The summed E-state index contributed by atoms with van der Waals surface area (Å²) in [5.41, 5.74) is 0.836. The van der Waals surface area contributed by atoms with Gasteiger partial charge in [-0.15, -0.1) is 11.8 Å². The highest BCUT2D eigenvalue weighted by molar-refractivity contribution is 8.00. The van der Waals surface area contributed by atoms with Gasteiger partial charge in [0.25, 0.3) is 0 Å². The van der Waals surface area contributed by atoms with Crippen molar-refractivity contribution >= 4 is 23.4 Å². The van der Waals surface area contributed by atoms with E-state index in [2.05, 4.69) is 5.32 Å². The van der Waals surface area contributed by atoms with Crippen molar-refractivity contribution in [1.82, 2.24) is 0 Å². The molecule has 0 spiro atoms. The first-order valence-corrected chi connectivity index (χ1v) is 6.71. The molecule has 0 aromatic heterocycles. The van der Waals surface area contributed by atoms with E-state index in [-0.39, 0.29) is 11.2 Å². The number of hydrogen-bond donors (Lipinski definition) is 1. The van der Waals surface area contributed by atoms with E-state index in [9.17, 15) is 4.79 Å². The number of thioether (sulfide) groups is 1. The van der Waals surface area contributed by atoms with Gasteiger partial charge in [0, 0.05) is 10.6 Å². The van der Waals surface area contributed by atoms with Crippen LogP contribution in [0.4, 0.5) is 5.69 Å². The molecule has 0 bridgehead atoms. The fourth-order valence-corrected chi connectivity index (χ4v) is 2.41. The number of anilines is 1. The van der Waals surface area contributed by atoms with Gasteiger partial charge in [-0.05, 0) is 31.2 Å². The third-order valence-corrected chi connectivity index (χ3v) is 3.58. The van der Waals surface area contributed by atoms with Gasteiger partial charge in [-0.2, -0.15) is 0 Å². The lowest BCUT2D eigenvalue weighted by Crippen LogP contribution is -2.22. The molecule has 3 heteroatoms. The zero-order valence-electron chi connectivity index (χ0n) is 10.2. The monoisotopic (exact) mass is 257 g/mol. The Morgan fingerprint density at radius 3 is 2.17 bits per heavy atom. The van der Waals surface area contributed by atoms with Gasteiger partial charge < -0.3 is 5.32 Å². The van der Waals surface area contributed by atoms with Crippen LogP contribution < -0.4 is 5.32 Å². The standard InChI is InChI=1S/C15H15NOS/c1-12(18-14-10-6-3-7-11-14)15(17)16-13-8-4-2-5-9-13/h2-12H,1H3,(H,16,17)/t12-/m0/s1. The van der Waals surface area contributed by atoms with E-state index in [1.54, 1.807) is 11.8 Å². The SMILES string of the molecule is C[C@H](Sc1ccccc1)C(=O)Nc1ccccc1. The molecular weight excluding hydrogens is 242 g/mol. The molecule has 1 atom stereocenters. The average molecular weight is 257 g/mol.